The van der Waals surface area contributed by atoms with Gasteiger partial charge in [0.25, 0.3) is 0 Å². The molecular formula is C14H12O5S2. The zero-order valence-electron chi connectivity index (χ0n) is 10.8. The summed E-state index contributed by atoms with van der Waals surface area (Å²) in [6.45, 7) is 0. The fraction of sp³-hybridized carbons (Fsp3) is 0.143. The number of fused-ring (bicyclic) bond motifs is 1. The molecule has 1 aliphatic heterocycles. The van der Waals surface area contributed by atoms with Gasteiger partial charge in [-0.25, -0.2) is 16.8 Å². The van der Waals surface area contributed by atoms with Crippen molar-refractivity contribution in [3.8, 4) is 5.75 Å². The molecule has 1 N–H and O–H groups in total. The second-order valence-electron chi connectivity index (χ2n) is 4.85. The Morgan fingerprint density at radius 1 is 1.05 bits per heavy atom. The monoisotopic (exact) mass is 324 g/mol. The van der Waals surface area contributed by atoms with Gasteiger partial charge in [-0.1, -0.05) is 18.2 Å². The summed E-state index contributed by atoms with van der Waals surface area (Å²) in [7, 11) is -7.48. The molecular weight excluding hydrogens is 312 g/mol. The van der Waals surface area contributed by atoms with E-state index in [0.717, 1.165) is 0 Å². The smallest absolute Gasteiger partial charge is 0.186 e. The van der Waals surface area contributed by atoms with Crippen LogP contribution in [0.2, 0.25) is 0 Å². The maximum atomic E-state index is 12.7. The lowest BCUT2D eigenvalue weighted by Crippen LogP contribution is -2.15. The minimum atomic E-state index is -3.83. The summed E-state index contributed by atoms with van der Waals surface area (Å²) in [4.78, 5) is 0.0474. The van der Waals surface area contributed by atoms with Gasteiger partial charge in [-0.05, 0) is 35.9 Å². The Labute approximate surface area is 122 Å². The van der Waals surface area contributed by atoms with E-state index in [2.05, 4.69) is 0 Å². The van der Waals surface area contributed by atoms with Crippen LogP contribution in [-0.4, -0.2) is 27.7 Å². The lowest BCUT2D eigenvalue weighted by molar-refractivity contribution is 0.474. The third-order valence-corrected chi connectivity index (χ3v) is 7.62. The van der Waals surface area contributed by atoms with Crippen molar-refractivity contribution < 1.29 is 21.9 Å². The summed E-state index contributed by atoms with van der Waals surface area (Å²) in [5, 5.41) is 8.34. The van der Waals surface area contributed by atoms with E-state index in [1.807, 2.05) is 0 Å². The molecule has 0 spiro atoms. The largest absolute Gasteiger partial charge is 0.508 e. The summed E-state index contributed by atoms with van der Waals surface area (Å²) in [5.74, 6) is -0.651. The molecule has 3 rings (SSSR count). The van der Waals surface area contributed by atoms with Crippen LogP contribution in [0.4, 0.5) is 0 Å². The van der Waals surface area contributed by atoms with Crippen molar-refractivity contribution in [2.45, 2.75) is 15.0 Å². The minimum Gasteiger partial charge on any atom is -0.508 e. The summed E-state index contributed by atoms with van der Waals surface area (Å²) >= 11 is 0. The maximum Gasteiger partial charge on any atom is 0.186 e. The first-order chi connectivity index (χ1) is 9.82. The fourth-order valence-corrected chi connectivity index (χ4v) is 6.80. The quantitative estimate of drug-likeness (QED) is 0.908. The van der Waals surface area contributed by atoms with Gasteiger partial charge in [0.2, 0.25) is 0 Å². The van der Waals surface area contributed by atoms with Gasteiger partial charge in [0, 0.05) is 0 Å². The first kappa shape index (κ1) is 14.1. The van der Waals surface area contributed by atoms with Crippen molar-refractivity contribution in [1.82, 2.24) is 0 Å². The summed E-state index contributed by atoms with van der Waals surface area (Å²) < 4.78 is 49.5. The van der Waals surface area contributed by atoms with E-state index in [0.29, 0.717) is 0 Å². The van der Waals surface area contributed by atoms with Gasteiger partial charge in [0.15, 0.2) is 19.7 Å². The Hall–Kier alpha value is -1.86. The molecule has 110 valence electrons. The highest BCUT2D eigenvalue weighted by Crippen LogP contribution is 2.42. The number of phenols is 1. The highest BCUT2D eigenvalue weighted by Gasteiger charge is 2.43. The molecule has 1 heterocycles. The highest BCUT2D eigenvalue weighted by molar-refractivity contribution is 7.96. The number of benzene rings is 2. The number of aromatic hydroxyl groups is 1. The number of phenolic OH excluding ortho intramolecular Hbond substituents is 1. The number of rotatable bonds is 2. The number of sulfone groups is 2. The molecule has 2 aromatic rings. The molecule has 1 unspecified atom stereocenters. The molecule has 21 heavy (non-hydrogen) atoms. The minimum absolute atomic E-state index is 0.0233. The van der Waals surface area contributed by atoms with Crippen LogP contribution in [0.1, 0.15) is 10.8 Å². The van der Waals surface area contributed by atoms with Crippen molar-refractivity contribution in [1.29, 1.82) is 0 Å². The fourth-order valence-electron chi connectivity index (χ4n) is 2.48. The molecule has 7 heteroatoms. The molecule has 1 aliphatic rings. The van der Waals surface area contributed by atoms with Crippen molar-refractivity contribution in [3.05, 3.63) is 54.1 Å². The molecule has 0 amide bonds. The van der Waals surface area contributed by atoms with E-state index in [9.17, 15) is 21.9 Å². The average molecular weight is 324 g/mol. The van der Waals surface area contributed by atoms with Crippen LogP contribution < -0.4 is 0 Å². The first-order valence-corrected chi connectivity index (χ1v) is 9.37. The summed E-state index contributed by atoms with van der Waals surface area (Å²) in [5.41, 5.74) is 0.138. The van der Waals surface area contributed by atoms with Crippen molar-refractivity contribution >= 4 is 19.7 Å². The van der Waals surface area contributed by atoms with Crippen molar-refractivity contribution in [2.75, 3.05) is 5.75 Å². The van der Waals surface area contributed by atoms with Gasteiger partial charge in [-0.3, -0.25) is 0 Å². The predicted octanol–water partition coefficient (Wildman–Crippen LogP) is 1.69. The van der Waals surface area contributed by atoms with Gasteiger partial charge in [0.05, 0.1) is 15.5 Å². The topological polar surface area (TPSA) is 88.5 Å². The maximum absolute atomic E-state index is 12.7. The molecule has 0 radical (unpaired) electrons. The third-order valence-electron chi connectivity index (χ3n) is 3.49. The van der Waals surface area contributed by atoms with Crippen LogP contribution in [0.25, 0.3) is 0 Å². The Morgan fingerprint density at radius 3 is 2.38 bits per heavy atom. The normalized spacial score (nSPS) is 20.1. The summed E-state index contributed by atoms with van der Waals surface area (Å²) in [6, 6.07) is 11.4. The zero-order chi connectivity index (χ0) is 15.3. The Bertz CT molecular complexity index is 900. The number of hydrogen-bond donors (Lipinski definition) is 1. The Kier molecular flexibility index (Phi) is 3.07. The van der Waals surface area contributed by atoms with Crippen LogP contribution in [0.5, 0.6) is 5.75 Å². The standard InChI is InChI=1S/C14H12O5S2/c15-10-6-7-13-12(8-10)14(9-20(13,16)17)21(18,19)11-4-2-1-3-5-11/h1-8,14-15H,9H2. The van der Waals surface area contributed by atoms with E-state index in [4.69, 9.17) is 0 Å². The SMILES string of the molecule is O=S1(=O)CC(S(=O)(=O)c2ccccc2)c2cc(O)ccc21. The van der Waals surface area contributed by atoms with Gasteiger partial charge < -0.3 is 5.11 Å². The van der Waals surface area contributed by atoms with E-state index in [-0.39, 0.29) is 21.1 Å². The second-order valence-corrected chi connectivity index (χ2v) is 8.98. The molecule has 5 nitrogen and oxygen atoms in total. The highest BCUT2D eigenvalue weighted by atomic mass is 32.2. The third kappa shape index (κ3) is 2.22. The van der Waals surface area contributed by atoms with Crippen LogP contribution in [0.15, 0.2) is 58.3 Å². The molecule has 0 bridgehead atoms. The molecule has 2 aromatic carbocycles. The van der Waals surface area contributed by atoms with Gasteiger partial charge in [-0.2, -0.15) is 0 Å². The van der Waals surface area contributed by atoms with Gasteiger partial charge >= 0.3 is 0 Å². The molecule has 0 fully saturated rings. The summed E-state index contributed by atoms with van der Waals surface area (Å²) in [6.07, 6.45) is 0. The zero-order valence-corrected chi connectivity index (χ0v) is 12.4. The van der Waals surface area contributed by atoms with E-state index in [1.165, 1.54) is 30.3 Å². The van der Waals surface area contributed by atoms with E-state index < -0.39 is 30.7 Å². The van der Waals surface area contributed by atoms with Crippen LogP contribution >= 0.6 is 0 Å². The van der Waals surface area contributed by atoms with E-state index >= 15 is 0 Å². The van der Waals surface area contributed by atoms with Gasteiger partial charge in [0.1, 0.15) is 11.0 Å². The molecule has 0 aromatic heterocycles. The number of hydrogen-bond acceptors (Lipinski definition) is 5. The Morgan fingerprint density at radius 2 is 1.71 bits per heavy atom. The van der Waals surface area contributed by atoms with Crippen LogP contribution in [0, 0.1) is 0 Å². The molecule has 1 atom stereocenters. The van der Waals surface area contributed by atoms with Crippen molar-refractivity contribution in [2.24, 2.45) is 0 Å². The lowest BCUT2D eigenvalue weighted by Gasteiger charge is -2.12. The Balaban J connectivity index is 2.21. The van der Waals surface area contributed by atoms with E-state index in [1.54, 1.807) is 18.2 Å². The lowest BCUT2D eigenvalue weighted by atomic mass is 10.1. The average Bonchev–Trinajstić information content (AvgIpc) is 2.71. The molecule has 0 saturated heterocycles. The molecule has 0 saturated carbocycles. The second kappa shape index (κ2) is 4.57. The first-order valence-electron chi connectivity index (χ1n) is 6.17. The van der Waals surface area contributed by atoms with Crippen molar-refractivity contribution in [3.63, 3.8) is 0 Å². The molecule has 0 aliphatic carbocycles. The van der Waals surface area contributed by atoms with Gasteiger partial charge in [-0.15, -0.1) is 0 Å². The van der Waals surface area contributed by atoms with Crippen LogP contribution in [0.3, 0.4) is 0 Å². The predicted molar refractivity (Wildman–Crippen MR) is 76.5 cm³/mol. The van der Waals surface area contributed by atoms with Crippen LogP contribution in [-0.2, 0) is 19.7 Å².